The molecule has 0 bridgehead atoms. The first-order valence-corrected chi connectivity index (χ1v) is 13.7. The highest BCUT2D eigenvalue weighted by Gasteiger charge is 2.36. The van der Waals surface area contributed by atoms with E-state index in [1.54, 1.807) is 27.6 Å². The molecule has 0 aliphatic carbocycles. The van der Waals surface area contributed by atoms with E-state index in [1.165, 1.54) is 24.2 Å². The van der Waals surface area contributed by atoms with Gasteiger partial charge in [0.25, 0.3) is 5.91 Å². The number of carbonyl (C=O) groups is 1. The Labute approximate surface area is 221 Å². The molecule has 2 aliphatic heterocycles. The third-order valence-electron chi connectivity index (χ3n) is 7.69. The van der Waals surface area contributed by atoms with Gasteiger partial charge in [-0.2, -0.15) is 0 Å². The molecule has 9 heteroatoms. The van der Waals surface area contributed by atoms with Crippen molar-refractivity contribution in [2.24, 2.45) is 12.5 Å². The van der Waals surface area contributed by atoms with E-state index < -0.39 is 0 Å². The number of hydrogen-bond donors (Lipinski definition) is 2. The van der Waals surface area contributed by atoms with Crippen LogP contribution in [0.5, 0.6) is 0 Å². The highest BCUT2D eigenvalue weighted by molar-refractivity contribution is 7.12. The second kappa shape index (κ2) is 10.5. The van der Waals surface area contributed by atoms with Gasteiger partial charge >= 0.3 is 5.69 Å². The molecule has 8 nitrogen and oxygen atoms in total. The van der Waals surface area contributed by atoms with Gasteiger partial charge in [-0.05, 0) is 62.8 Å². The lowest BCUT2D eigenvalue weighted by Crippen LogP contribution is -2.48. The molecule has 0 unspecified atom stereocenters. The van der Waals surface area contributed by atoms with Crippen LogP contribution in [0.2, 0.25) is 0 Å². The second-order valence-corrected chi connectivity index (χ2v) is 10.7. The molecule has 1 spiro atoms. The van der Waals surface area contributed by atoms with Crippen LogP contribution in [0.4, 0.5) is 0 Å². The number of aryl methyl sites for hydroxylation is 1. The molecule has 1 amide bonds. The van der Waals surface area contributed by atoms with Gasteiger partial charge in [0.15, 0.2) is 5.13 Å². The van der Waals surface area contributed by atoms with Gasteiger partial charge in [-0.25, -0.2) is 14.3 Å². The molecule has 2 fully saturated rings. The van der Waals surface area contributed by atoms with E-state index in [-0.39, 0.29) is 17.3 Å². The quantitative estimate of drug-likeness (QED) is 0.483. The molecule has 2 saturated heterocycles. The normalized spacial score (nSPS) is 18.4. The number of nitrogens with zero attached hydrogens (tertiary/aromatic N) is 4. The minimum absolute atomic E-state index is 0.191. The number of rotatable bonds is 6. The van der Waals surface area contributed by atoms with Crippen molar-refractivity contribution in [2.75, 3.05) is 26.2 Å². The first-order valence-electron chi connectivity index (χ1n) is 12.9. The van der Waals surface area contributed by atoms with Crippen molar-refractivity contribution in [3.63, 3.8) is 0 Å². The van der Waals surface area contributed by atoms with Crippen LogP contribution in [0, 0.1) is 5.41 Å². The van der Waals surface area contributed by atoms with Crippen LogP contribution in [0.1, 0.15) is 43.1 Å². The zero-order valence-corrected chi connectivity index (χ0v) is 22.3. The molecule has 0 saturated carbocycles. The first-order chi connectivity index (χ1) is 18.0. The monoisotopic (exact) mass is 518 g/mol. The fraction of sp³-hybridized carbons (Fsp3) is 0.393. The van der Waals surface area contributed by atoms with Gasteiger partial charge in [-0.1, -0.05) is 30.9 Å². The Kier molecular flexibility index (Phi) is 7.17. The summed E-state index contributed by atoms with van der Waals surface area (Å²) < 4.78 is 3.15. The average Bonchev–Trinajstić information content (AvgIpc) is 3.50. The summed E-state index contributed by atoms with van der Waals surface area (Å²) in [6.45, 7) is 9.93. The van der Waals surface area contributed by atoms with Crippen molar-refractivity contribution in [1.82, 2.24) is 29.7 Å². The van der Waals surface area contributed by atoms with Gasteiger partial charge in [0.1, 0.15) is 5.69 Å². The molecule has 2 aliphatic rings. The predicted octanol–water partition coefficient (Wildman–Crippen LogP) is 3.95. The van der Waals surface area contributed by atoms with Gasteiger partial charge in [-0.15, -0.1) is 11.3 Å². The molecule has 37 heavy (non-hydrogen) atoms. The van der Waals surface area contributed by atoms with Gasteiger partial charge in [0, 0.05) is 32.1 Å². The number of benzene rings is 1. The Balaban J connectivity index is 1.33. The molecule has 0 radical (unpaired) electrons. The predicted molar refractivity (Wildman–Crippen MR) is 149 cm³/mol. The molecule has 2 aromatic heterocycles. The maximum atomic E-state index is 13.3. The van der Waals surface area contributed by atoms with Gasteiger partial charge in [-0.3, -0.25) is 9.36 Å². The van der Waals surface area contributed by atoms with Crippen molar-refractivity contribution in [3.8, 4) is 5.13 Å². The number of aromatic nitrogens is 3. The maximum Gasteiger partial charge on any atom is 0.335 e. The van der Waals surface area contributed by atoms with Gasteiger partial charge < -0.3 is 15.5 Å². The van der Waals surface area contributed by atoms with Crippen molar-refractivity contribution in [3.05, 3.63) is 82.0 Å². The van der Waals surface area contributed by atoms with Crippen molar-refractivity contribution < 1.29 is 4.79 Å². The number of piperidine rings is 2. The van der Waals surface area contributed by atoms with Crippen LogP contribution in [-0.4, -0.2) is 51.1 Å². The first kappa shape index (κ1) is 25.2. The van der Waals surface area contributed by atoms with Crippen LogP contribution in [-0.2, 0) is 7.05 Å². The maximum absolute atomic E-state index is 13.3. The SMILES string of the molecule is C=C/C=C(\C(=C/C)NC(=O)c1csc(-n2c(=O)n(C)c3ccccc32)n1)N1CCC2(CCCNC2)CC1. The summed E-state index contributed by atoms with van der Waals surface area (Å²) in [5.74, 6) is -0.302. The van der Waals surface area contributed by atoms with Crippen LogP contribution >= 0.6 is 11.3 Å². The Morgan fingerprint density at radius 3 is 2.65 bits per heavy atom. The number of para-hydroxylation sites is 2. The lowest BCUT2D eigenvalue weighted by atomic mass is 9.73. The number of likely N-dealkylation sites (tertiary alicyclic amines) is 1. The number of imidazole rings is 1. The fourth-order valence-electron chi connectivity index (χ4n) is 5.58. The van der Waals surface area contributed by atoms with E-state index in [1.807, 2.05) is 43.3 Å². The Morgan fingerprint density at radius 2 is 1.97 bits per heavy atom. The summed E-state index contributed by atoms with van der Waals surface area (Å²) in [6.07, 6.45) is 10.4. The molecule has 0 atom stereocenters. The summed E-state index contributed by atoms with van der Waals surface area (Å²) in [5.41, 5.74) is 3.76. The van der Waals surface area contributed by atoms with Crippen LogP contribution in [0.15, 0.2) is 70.6 Å². The van der Waals surface area contributed by atoms with E-state index in [9.17, 15) is 9.59 Å². The molecular weight excluding hydrogens is 484 g/mol. The summed E-state index contributed by atoms with van der Waals surface area (Å²) in [5, 5.41) is 8.81. The Morgan fingerprint density at radius 1 is 1.22 bits per heavy atom. The van der Waals surface area contributed by atoms with E-state index in [0.29, 0.717) is 10.5 Å². The van der Waals surface area contributed by atoms with E-state index in [0.717, 1.165) is 61.4 Å². The number of hydrogen-bond acceptors (Lipinski definition) is 6. The third kappa shape index (κ3) is 4.81. The number of fused-ring (bicyclic) bond motifs is 1. The van der Waals surface area contributed by atoms with Crippen molar-refractivity contribution >= 4 is 28.3 Å². The Bertz CT molecular complexity index is 1430. The Hall–Kier alpha value is -3.43. The molecule has 1 aromatic carbocycles. The van der Waals surface area contributed by atoms with E-state index >= 15 is 0 Å². The highest BCUT2D eigenvalue weighted by atomic mass is 32.1. The fourth-order valence-corrected chi connectivity index (χ4v) is 6.39. The molecule has 4 heterocycles. The number of amides is 1. The molecule has 5 rings (SSSR count). The molecule has 3 aromatic rings. The standard InChI is InChI=1S/C28H34N6O2S/c1-4-9-22(33-16-13-28(14-17-33)12-8-15-29-19-28)20(5-2)30-25(35)21-18-37-26(31-21)34-24-11-7-6-10-23(24)32(3)27(34)36/h4-7,9-11,18,29H,1,8,12-17,19H2,2-3H3,(H,30,35)/b20-5+,22-9+. The van der Waals surface area contributed by atoms with Crippen LogP contribution < -0.4 is 16.3 Å². The second-order valence-electron chi connectivity index (χ2n) is 9.89. The zero-order chi connectivity index (χ0) is 26.0. The number of carbonyl (C=O) groups excluding carboxylic acids is 1. The third-order valence-corrected chi connectivity index (χ3v) is 8.52. The zero-order valence-electron chi connectivity index (χ0n) is 21.5. The van der Waals surface area contributed by atoms with Gasteiger partial charge in [0.05, 0.1) is 22.4 Å². The minimum atomic E-state index is -0.302. The smallest absolute Gasteiger partial charge is 0.335 e. The van der Waals surface area contributed by atoms with Crippen molar-refractivity contribution in [1.29, 1.82) is 0 Å². The van der Waals surface area contributed by atoms with Crippen LogP contribution in [0.3, 0.4) is 0 Å². The van der Waals surface area contributed by atoms with E-state index in [4.69, 9.17) is 0 Å². The number of allylic oxidation sites excluding steroid dienone is 3. The molecule has 194 valence electrons. The average molecular weight is 519 g/mol. The lowest BCUT2D eigenvalue weighted by Gasteiger charge is -2.46. The summed E-state index contributed by atoms with van der Waals surface area (Å²) in [6, 6.07) is 7.56. The highest BCUT2D eigenvalue weighted by Crippen LogP contribution is 2.38. The summed E-state index contributed by atoms with van der Waals surface area (Å²) >= 11 is 1.28. The molecule has 2 N–H and O–H groups in total. The summed E-state index contributed by atoms with van der Waals surface area (Å²) in [4.78, 5) is 33.0. The topological polar surface area (TPSA) is 84.2 Å². The number of nitrogens with one attached hydrogen (secondary N) is 2. The number of thiazole rings is 1. The molecular formula is C28H34N6O2S. The van der Waals surface area contributed by atoms with Crippen LogP contribution in [0.25, 0.3) is 16.2 Å². The van der Waals surface area contributed by atoms with E-state index in [2.05, 4.69) is 27.1 Å². The van der Waals surface area contributed by atoms with Crippen molar-refractivity contribution in [2.45, 2.75) is 32.6 Å². The lowest BCUT2D eigenvalue weighted by molar-refractivity contribution is 0.0927. The minimum Gasteiger partial charge on any atom is -0.370 e. The summed E-state index contributed by atoms with van der Waals surface area (Å²) in [7, 11) is 1.74. The largest absolute Gasteiger partial charge is 0.370 e. The van der Waals surface area contributed by atoms with Gasteiger partial charge in [0.2, 0.25) is 0 Å².